The maximum Gasteiger partial charge on any atom is 0.165 e. The summed E-state index contributed by atoms with van der Waals surface area (Å²) in [5.74, 6) is 0.953. The molecule has 1 aromatic heterocycles. The highest BCUT2D eigenvalue weighted by Crippen LogP contribution is 2.48. The van der Waals surface area contributed by atoms with E-state index in [4.69, 9.17) is 0 Å². The van der Waals surface area contributed by atoms with E-state index in [1.807, 2.05) is 16.4 Å². The van der Waals surface area contributed by atoms with Gasteiger partial charge in [-0.25, -0.2) is 4.68 Å². The molecule has 1 N–H and O–H groups in total. The van der Waals surface area contributed by atoms with E-state index < -0.39 is 0 Å². The normalized spacial score (nSPS) is 17.6. The molecule has 0 amide bonds. The summed E-state index contributed by atoms with van der Waals surface area (Å²) in [6, 6.07) is 0. The predicted octanol–water partition coefficient (Wildman–Crippen LogP) is 1.07. The third-order valence-electron chi connectivity index (χ3n) is 2.99. The number of rotatable bonds is 7. The lowest BCUT2D eigenvalue weighted by molar-refractivity contribution is 0.525. The van der Waals surface area contributed by atoms with Gasteiger partial charge < -0.3 is 5.32 Å². The third kappa shape index (κ3) is 2.74. The van der Waals surface area contributed by atoms with E-state index in [2.05, 4.69) is 34.0 Å². The molecule has 90 valence electrons. The Kier molecular flexibility index (Phi) is 3.81. The van der Waals surface area contributed by atoms with Crippen LogP contribution in [0.4, 0.5) is 0 Å². The number of hydrogen-bond acceptors (Lipinski definition) is 5. The Hall–Kier alpha value is -0.620. The van der Waals surface area contributed by atoms with E-state index in [-0.39, 0.29) is 0 Å². The van der Waals surface area contributed by atoms with Gasteiger partial charge in [0, 0.05) is 4.75 Å². The molecule has 1 aromatic rings. The molecule has 2 rings (SSSR count). The van der Waals surface area contributed by atoms with Gasteiger partial charge in [-0.2, -0.15) is 11.8 Å². The average molecular weight is 241 g/mol. The van der Waals surface area contributed by atoms with Crippen LogP contribution in [-0.2, 0) is 13.1 Å². The molecule has 0 spiro atoms. The van der Waals surface area contributed by atoms with Gasteiger partial charge in [-0.05, 0) is 42.5 Å². The Morgan fingerprint density at radius 3 is 2.94 bits per heavy atom. The zero-order chi connectivity index (χ0) is 11.4. The molecule has 0 radical (unpaired) electrons. The average Bonchev–Trinajstić information content (AvgIpc) is 2.94. The topological polar surface area (TPSA) is 55.6 Å². The summed E-state index contributed by atoms with van der Waals surface area (Å²) in [5, 5.41) is 15.2. The van der Waals surface area contributed by atoms with Gasteiger partial charge >= 0.3 is 0 Å². The van der Waals surface area contributed by atoms with E-state index in [0.29, 0.717) is 4.75 Å². The molecule has 1 aliphatic carbocycles. The van der Waals surface area contributed by atoms with Crippen molar-refractivity contribution in [3.8, 4) is 0 Å². The summed E-state index contributed by atoms with van der Waals surface area (Å²) in [5.41, 5.74) is 0. The van der Waals surface area contributed by atoms with Crippen molar-refractivity contribution in [3.63, 3.8) is 0 Å². The van der Waals surface area contributed by atoms with Crippen molar-refractivity contribution in [1.29, 1.82) is 0 Å². The van der Waals surface area contributed by atoms with Crippen molar-refractivity contribution in [1.82, 2.24) is 25.5 Å². The quantitative estimate of drug-likeness (QED) is 0.724. The van der Waals surface area contributed by atoms with E-state index >= 15 is 0 Å². The zero-order valence-electron chi connectivity index (χ0n) is 9.94. The predicted molar refractivity (Wildman–Crippen MR) is 65.3 cm³/mol. The molecule has 0 aromatic carbocycles. The number of nitrogens with zero attached hydrogens (tertiary/aromatic N) is 4. The monoisotopic (exact) mass is 241 g/mol. The second kappa shape index (κ2) is 5.14. The van der Waals surface area contributed by atoms with Crippen molar-refractivity contribution >= 4 is 11.8 Å². The van der Waals surface area contributed by atoms with Crippen molar-refractivity contribution in [2.75, 3.05) is 12.8 Å². The van der Waals surface area contributed by atoms with Crippen molar-refractivity contribution in [3.05, 3.63) is 5.82 Å². The molecule has 1 fully saturated rings. The Morgan fingerprint density at radius 1 is 1.50 bits per heavy atom. The molecule has 5 nitrogen and oxygen atoms in total. The zero-order valence-corrected chi connectivity index (χ0v) is 10.8. The lowest BCUT2D eigenvalue weighted by Gasteiger charge is -2.12. The molecule has 0 saturated heterocycles. The molecule has 1 saturated carbocycles. The van der Waals surface area contributed by atoms with Crippen LogP contribution in [-0.4, -0.2) is 37.8 Å². The molecule has 0 atom stereocenters. The van der Waals surface area contributed by atoms with Gasteiger partial charge in [-0.1, -0.05) is 6.92 Å². The molecule has 0 aliphatic heterocycles. The number of thioether (sulfide) groups is 1. The van der Waals surface area contributed by atoms with Gasteiger partial charge in [0.25, 0.3) is 0 Å². The van der Waals surface area contributed by atoms with Crippen LogP contribution in [0.15, 0.2) is 0 Å². The van der Waals surface area contributed by atoms with Gasteiger partial charge in [-0.3, -0.25) is 0 Å². The highest BCUT2D eigenvalue weighted by molar-refractivity contribution is 8.00. The van der Waals surface area contributed by atoms with Crippen LogP contribution in [0.25, 0.3) is 0 Å². The Labute approximate surface area is 100 Å². The van der Waals surface area contributed by atoms with Crippen molar-refractivity contribution in [2.24, 2.45) is 0 Å². The van der Waals surface area contributed by atoms with Crippen LogP contribution in [0.3, 0.4) is 0 Å². The summed E-state index contributed by atoms with van der Waals surface area (Å²) in [6.07, 6.45) is 5.88. The Morgan fingerprint density at radius 2 is 2.31 bits per heavy atom. The first-order valence-electron chi connectivity index (χ1n) is 5.80. The summed E-state index contributed by atoms with van der Waals surface area (Å²) < 4.78 is 2.36. The maximum atomic E-state index is 4.07. The first kappa shape index (κ1) is 11.9. The smallest absolute Gasteiger partial charge is 0.165 e. The minimum Gasteiger partial charge on any atom is -0.310 e. The molecule has 0 unspecified atom stereocenters. The van der Waals surface area contributed by atoms with E-state index in [1.54, 1.807) is 0 Å². The number of hydrogen-bond donors (Lipinski definition) is 1. The molecule has 6 heteroatoms. The van der Waals surface area contributed by atoms with Crippen LogP contribution in [0.1, 0.15) is 32.0 Å². The molecular formula is C10H19N5S. The standard InChI is InChI=1S/C10H19N5S/c1-3-6-11-7-9-12-13-14-15(9)8-10(16-2)4-5-10/h11H,3-8H2,1-2H3. The number of aromatic nitrogens is 4. The summed E-state index contributed by atoms with van der Waals surface area (Å²) >= 11 is 1.94. The fourth-order valence-electron chi connectivity index (χ4n) is 1.69. The second-order valence-corrected chi connectivity index (χ2v) is 5.59. The second-order valence-electron chi connectivity index (χ2n) is 4.32. The minimum atomic E-state index is 0.412. The summed E-state index contributed by atoms with van der Waals surface area (Å²) in [4.78, 5) is 0. The van der Waals surface area contributed by atoms with E-state index in [9.17, 15) is 0 Å². The molecule has 1 heterocycles. The number of tetrazole rings is 1. The Balaban J connectivity index is 1.91. The molecule has 1 aliphatic rings. The van der Waals surface area contributed by atoms with Crippen molar-refractivity contribution < 1.29 is 0 Å². The van der Waals surface area contributed by atoms with Crippen molar-refractivity contribution in [2.45, 2.75) is 44.0 Å². The van der Waals surface area contributed by atoms with Crippen LogP contribution in [0.2, 0.25) is 0 Å². The number of nitrogens with one attached hydrogen (secondary N) is 1. The van der Waals surface area contributed by atoms with Crippen LogP contribution in [0, 0.1) is 0 Å². The van der Waals surface area contributed by atoms with Gasteiger partial charge in [0.2, 0.25) is 0 Å². The van der Waals surface area contributed by atoms with E-state index in [0.717, 1.165) is 31.9 Å². The SMILES string of the molecule is CCCNCc1nnnn1CC1(SC)CC1. The lowest BCUT2D eigenvalue weighted by Crippen LogP contribution is -2.22. The minimum absolute atomic E-state index is 0.412. The fourth-order valence-corrected chi connectivity index (χ4v) is 2.45. The van der Waals surface area contributed by atoms with Crippen LogP contribution >= 0.6 is 11.8 Å². The largest absolute Gasteiger partial charge is 0.310 e. The third-order valence-corrected chi connectivity index (χ3v) is 4.40. The van der Waals surface area contributed by atoms with Crippen LogP contribution in [0.5, 0.6) is 0 Å². The van der Waals surface area contributed by atoms with Gasteiger partial charge in [0.1, 0.15) is 0 Å². The Bertz CT molecular complexity index is 334. The molecular weight excluding hydrogens is 222 g/mol. The first-order valence-corrected chi connectivity index (χ1v) is 7.03. The van der Waals surface area contributed by atoms with Gasteiger partial charge in [0.05, 0.1) is 13.1 Å². The summed E-state index contributed by atoms with van der Waals surface area (Å²) in [7, 11) is 0. The lowest BCUT2D eigenvalue weighted by atomic mass is 10.4. The van der Waals surface area contributed by atoms with Gasteiger partial charge in [-0.15, -0.1) is 5.10 Å². The maximum absolute atomic E-state index is 4.07. The highest BCUT2D eigenvalue weighted by atomic mass is 32.2. The summed E-state index contributed by atoms with van der Waals surface area (Å²) in [6.45, 7) is 4.89. The fraction of sp³-hybridized carbons (Fsp3) is 0.900. The first-order chi connectivity index (χ1) is 7.79. The molecule has 0 bridgehead atoms. The highest BCUT2D eigenvalue weighted by Gasteiger charge is 2.43. The van der Waals surface area contributed by atoms with Gasteiger partial charge in [0.15, 0.2) is 5.82 Å². The molecule has 16 heavy (non-hydrogen) atoms. The van der Waals surface area contributed by atoms with E-state index in [1.165, 1.54) is 12.8 Å². The van der Waals surface area contributed by atoms with Crippen LogP contribution < -0.4 is 5.32 Å².